The van der Waals surface area contributed by atoms with Gasteiger partial charge in [-0.15, -0.1) is 0 Å². The molecular formula is C9H3ClN4O2. The molecule has 2 aromatic rings. The summed E-state index contributed by atoms with van der Waals surface area (Å²) in [5.74, 6) is 0. The van der Waals surface area contributed by atoms with Gasteiger partial charge in [-0.05, 0) is 0 Å². The van der Waals surface area contributed by atoms with Crippen molar-refractivity contribution in [3.63, 3.8) is 0 Å². The van der Waals surface area contributed by atoms with Crippen molar-refractivity contribution in [2.24, 2.45) is 0 Å². The van der Waals surface area contributed by atoms with E-state index in [1.54, 1.807) is 0 Å². The molecule has 16 heavy (non-hydrogen) atoms. The largest absolute Gasteiger partial charge is 0.271 e. The van der Waals surface area contributed by atoms with Gasteiger partial charge in [-0.25, -0.2) is 9.97 Å². The Labute approximate surface area is 94.3 Å². The number of halogens is 1. The molecule has 0 fully saturated rings. The fraction of sp³-hybridized carbons (Fsp3) is 0. The molecule has 0 atom stereocenters. The number of fused-ring (bicyclic) bond motifs is 1. The number of rotatable bonds is 1. The molecule has 0 amide bonds. The van der Waals surface area contributed by atoms with E-state index in [0.29, 0.717) is 10.9 Å². The predicted octanol–water partition coefficient (Wildman–Crippen LogP) is 2.06. The van der Waals surface area contributed by atoms with E-state index in [-0.39, 0.29) is 16.4 Å². The molecular weight excluding hydrogens is 232 g/mol. The molecule has 0 aliphatic rings. The van der Waals surface area contributed by atoms with Gasteiger partial charge in [0.05, 0.1) is 16.0 Å². The quantitative estimate of drug-likeness (QED) is 0.428. The van der Waals surface area contributed by atoms with E-state index in [0.717, 1.165) is 6.07 Å². The van der Waals surface area contributed by atoms with E-state index in [9.17, 15) is 10.1 Å². The van der Waals surface area contributed by atoms with Gasteiger partial charge in [-0.1, -0.05) is 11.6 Å². The zero-order chi connectivity index (χ0) is 11.7. The highest BCUT2D eigenvalue weighted by atomic mass is 35.5. The third-order valence-corrected chi connectivity index (χ3v) is 2.31. The number of benzene rings is 1. The normalized spacial score (nSPS) is 10.0. The summed E-state index contributed by atoms with van der Waals surface area (Å²) in [5.41, 5.74) is 0.211. The molecule has 1 aromatic heterocycles. The molecule has 1 aromatic carbocycles. The van der Waals surface area contributed by atoms with Crippen molar-refractivity contribution in [3.8, 4) is 6.07 Å². The van der Waals surface area contributed by atoms with E-state index in [4.69, 9.17) is 16.9 Å². The molecule has 0 aliphatic heterocycles. The molecule has 0 radical (unpaired) electrons. The molecule has 1 heterocycles. The lowest BCUT2D eigenvalue weighted by Crippen LogP contribution is -1.93. The van der Waals surface area contributed by atoms with Crippen LogP contribution in [0.25, 0.3) is 10.9 Å². The van der Waals surface area contributed by atoms with Gasteiger partial charge in [0, 0.05) is 17.5 Å². The molecule has 78 valence electrons. The lowest BCUT2D eigenvalue weighted by Gasteiger charge is -2.00. The van der Waals surface area contributed by atoms with Gasteiger partial charge in [0.25, 0.3) is 5.69 Å². The number of hydrogen-bond acceptors (Lipinski definition) is 5. The average molecular weight is 235 g/mol. The van der Waals surface area contributed by atoms with Gasteiger partial charge in [-0.3, -0.25) is 10.1 Å². The Morgan fingerprint density at radius 2 is 2.19 bits per heavy atom. The predicted molar refractivity (Wildman–Crippen MR) is 55.9 cm³/mol. The van der Waals surface area contributed by atoms with E-state index in [1.165, 1.54) is 12.4 Å². The van der Waals surface area contributed by atoms with Crippen molar-refractivity contribution in [2.45, 2.75) is 0 Å². The topological polar surface area (TPSA) is 92.7 Å². The van der Waals surface area contributed by atoms with Gasteiger partial charge in [0.15, 0.2) is 0 Å². The molecule has 0 aliphatic carbocycles. The number of non-ortho nitro benzene ring substituents is 1. The van der Waals surface area contributed by atoms with Crippen LogP contribution in [0.2, 0.25) is 5.15 Å². The zero-order valence-electron chi connectivity index (χ0n) is 7.72. The molecule has 0 saturated carbocycles. The molecule has 0 spiro atoms. The number of nitrogens with zero attached hydrogens (tertiary/aromatic N) is 4. The zero-order valence-corrected chi connectivity index (χ0v) is 8.47. The van der Waals surface area contributed by atoms with Crippen LogP contribution in [0.5, 0.6) is 0 Å². The summed E-state index contributed by atoms with van der Waals surface area (Å²) in [7, 11) is 0. The lowest BCUT2D eigenvalue weighted by atomic mass is 10.1. The maximum absolute atomic E-state index is 10.6. The van der Waals surface area contributed by atoms with Gasteiger partial charge in [-0.2, -0.15) is 5.26 Å². The number of nitro groups is 1. The van der Waals surface area contributed by atoms with Crippen molar-refractivity contribution in [1.82, 2.24) is 9.97 Å². The highest BCUT2D eigenvalue weighted by molar-refractivity contribution is 6.34. The number of aromatic nitrogens is 2. The molecule has 6 nitrogen and oxygen atoms in total. The fourth-order valence-electron chi connectivity index (χ4n) is 1.31. The Morgan fingerprint density at radius 1 is 1.44 bits per heavy atom. The monoisotopic (exact) mass is 234 g/mol. The van der Waals surface area contributed by atoms with Gasteiger partial charge in [0.1, 0.15) is 17.5 Å². The summed E-state index contributed by atoms with van der Waals surface area (Å²) >= 11 is 5.78. The minimum atomic E-state index is -0.594. The molecule has 7 heteroatoms. The van der Waals surface area contributed by atoms with E-state index in [1.807, 2.05) is 6.07 Å². The number of nitriles is 1. The van der Waals surface area contributed by atoms with Crippen LogP contribution in [0.3, 0.4) is 0 Å². The first-order valence-corrected chi connectivity index (χ1v) is 4.50. The summed E-state index contributed by atoms with van der Waals surface area (Å²) in [6.07, 6.45) is 1.21. The summed E-state index contributed by atoms with van der Waals surface area (Å²) < 4.78 is 0. The smallest absolute Gasteiger partial charge is 0.258 e. The Balaban J connectivity index is 2.91. The van der Waals surface area contributed by atoms with Crippen LogP contribution in [0.1, 0.15) is 5.56 Å². The van der Waals surface area contributed by atoms with Crippen molar-refractivity contribution in [1.29, 1.82) is 5.26 Å². The van der Waals surface area contributed by atoms with E-state index >= 15 is 0 Å². The van der Waals surface area contributed by atoms with E-state index < -0.39 is 4.92 Å². The second kappa shape index (κ2) is 3.72. The average Bonchev–Trinajstić information content (AvgIpc) is 2.28. The van der Waals surface area contributed by atoms with Crippen molar-refractivity contribution >= 4 is 28.2 Å². The lowest BCUT2D eigenvalue weighted by molar-refractivity contribution is -0.384. The maximum Gasteiger partial charge on any atom is 0.271 e. The SMILES string of the molecule is N#Cc1cc([N+](=O)[O-])cc2c(Cl)ncnc12. The highest BCUT2D eigenvalue weighted by Crippen LogP contribution is 2.27. The van der Waals surface area contributed by atoms with Crippen LogP contribution in [-0.4, -0.2) is 14.9 Å². The van der Waals surface area contributed by atoms with Crippen LogP contribution >= 0.6 is 11.6 Å². The summed E-state index contributed by atoms with van der Waals surface area (Å²) in [6.45, 7) is 0. The molecule has 0 N–H and O–H groups in total. The van der Waals surface area contributed by atoms with Crippen LogP contribution < -0.4 is 0 Å². The summed E-state index contributed by atoms with van der Waals surface area (Å²) in [5, 5.41) is 19.9. The molecule has 2 rings (SSSR count). The second-order valence-corrected chi connectivity index (χ2v) is 3.28. The minimum absolute atomic E-state index is 0.0881. The van der Waals surface area contributed by atoms with Crippen LogP contribution in [0, 0.1) is 21.4 Å². The van der Waals surface area contributed by atoms with Crippen LogP contribution in [0.15, 0.2) is 18.5 Å². The fourth-order valence-corrected chi connectivity index (χ4v) is 1.50. The first-order chi connectivity index (χ1) is 7.63. The summed E-state index contributed by atoms with van der Waals surface area (Å²) in [4.78, 5) is 17.6. The van der Waals surface area contributed by atoms with Crippen molar-refractivity contribution in [3.05, 3.63) is 39.3 Å². The number of nitro benzene ring substituents is 1. The van der Waals surface area contributed by atoms with E-state index in [2.05, 4.69) is 9.97 Å². The van der Waals surface area contributed by atoms with Gasteiger partial charge in [0.2, 0.25) is 0 Å². The Hall–Kier alpha value is -2.26. The second-order valence-electron chi connectivity index (χ2n) is 2.92. The molecule has 0 bridgehead atoms. The van der Waals surface area contributed by atoms with Crippen LogP contribution in [0.4, 0.5) is 5.69 Å². The highest BCUT2D eigenvalue weighted by Gasteiger charge is 2.14. The third-order valence-electron chi connectivity index (χ3n) is 2.01. The molecule has 0 saturated heterocycles. The van der Waals surface area contributed by atoms with Gasteiger partial charge >= 0.3 is 0 Å². The maximum atomic E-state index is 10.6. The summed E-state index contributed by atoms with van der Waals surface area (Å²) in [6, 6.07) is 4.25. The first-order valence-electron chi connectivity index (χ1n) is 4.12. The van der Waals surface area contributed by atoms with Crippen LogP contribution in [-0.2, 0) is 0 Å². The Bertz CT molecular complexity index is 635. The van der Waals surface area contributed by atoms with Crippen molar-refractivity contribution in [2.75, 3.05) is 0 Å². The minimum Gasteiger partial charge on any atom is -0.258 e. The first kappa shape index (κ1) is 10.3. The Kier molecular flexibility index (Phi) is 2.38. The number of hydrogen-bond donors (Lipinski definition) is 0. The van der Waals surface area contributed by atoms with Gasteiger partial charge < -0.3 is 0 Å². The Morgan fingerprint density at radius 3 is 2.81 bits per heavy atom. The third kappa shape index (κ3) is 1.53. The standard InChI is InChI=1S/C9H3ClN4O2/c10-9-7-2-6(14(15)16)1-5(3-11)8(7)12-4-13-9/h1-2,4H. The molecule has 0 unspecified atom stereocenters. The van der Waals surface area contributed by atoms with Crippen molar-refractivity contribution < 1.29 is 4.92 Å².